The highest BCUT2D eigenvalue weighted by molar-refractivity contribution is 6.08. The van der Waals surface area contributed by atoms with Crippen molar-refractivity contribution in [3.05, 3.63) is 29.8 Å². The number of carbonyl (C=O) groups is 4. The molecule has 0 spiro atoms. The topological polar surface area (TPSA) is 105 Å². The van der Waals surface area contributed by atoms with E-state index in [0.29, 0.717) is 25.7 Å². The number of anilines is 1. The highest BCUT2D eigenvalue weighted by atomic mass is 19.1. The highest BCUT2D eigenvalue weighted by Gasteiger charge is 2.50. The number of esters is 1. The number of urea groups is 1. The van der Waals surface area contributed by atoms with Gasteiger partial charge in [-0.2, -0.15) is 0 Å². The predicted molar refractivity (Wildman–Crippen MR) is 103 cm³/mol. The molecule has 0 aliphatic carbocycles. The standard InChI is InChI=1S/C20H25F2N3O5/c1-4-9-20(10-5-2)18(28)25(19(29)24-20)11-15(26)30-12(3)17(27)23-16-13(21)7-6-8-14(16)22/h6-8,12H,4-5,9-11H2,1-3H3,(H,23,27)(H,24,29). The van der Waals surface area contributed by atoms with Gasteiger partial charge in [-0.05, 0) is 31.9 Å². The van der Waals surface area contributed by atoms with Gasteiger partial charge in [0.1, 0.15) is 29.4 Å². The molecule has 1 heterocycles. The summed E-state index contributed by atoms with van der Waals surface area (Å²) in [4.78, 5) is 50.1. The van der Waals surface area contributed by atoms with E-state index in [1.165, 1.54) is 6.92 Å². The Morgan fingerprint density at radius 3 is 2.27 bits per heavy atom. The molecular weight excluding hydrogens is 400 g/mol. The van der Waals surface area contributed by atoms with Crippen molar-refractivity contribution in [2.75, 3.05) is 11.9 Å². The highest BCUT2D eigenvalue weighted by Crippen LogP contribution is 2.28. The monoisotopic (exact) mass is 425 g/mol. The van der Waals surface area contributed by atoms with Crippen LogP contribution in [-0.2, 0) is 19.1 Å². The molecule has 8 nitrogen and oxygen atoms in total. The van der Waals surface area contributed by atoms with Crippen molar-refractivity contribution < 1.29 is 32.7 Å². The minimum atomic E-state index is -1.41. The molecule has 2 rings (SSSR count). The lowest BCUT2D eigenvalue weighted by molar-refractivity contribution is -0.155. The van der Waals surface area contributed by atoms with Gasteiger partial charge in [-0.15, -0.1) is 0 Å². The largest absolute Gasteiger partial charge is 0.451 e. The molecular formula is C20H25F2N3O5. The summed E-state index contributed by atoms with van der Waals surface area (Å²) in [6, 6.07) is 2.36. The normalized spacial score (nSPS) is 16.2. The van der Waals surface area contributed by atoms with Gasteiger partial charge < -0.3 is 15.4 Å². The Labute approximate surface area is 172 Å². The Kier molecular flexibility index (Phi) is 7.47. The van der Waals surface area contributed by atoms with E-state index in [9.17, 15) is 28.0 Å². The minimum Gasteiger partial charge on any atom is -0.451 e. The van der Waals surface area contributed by atoms with Crippen LogP contribution in [0, 0.1) is 11.6 Å². The van der Waals surface area contributed by atoms with E-state index in [0.717, 1.165) is 23.1 Å². The number of nitrogens with one attached hydrogen (secondary N) is 2. The molecule has 0 bridgehead atoms. The van der Waals surface area contributed by atoms with Gasteiger partial charge in [0.05, 0.1) is 0 Å². The van der Waals surface area contributed by atoms with Crippen LogP contribution in [-0.4, -0.2) is 46.9 Å². The van der Waals surface area contributed by atoms with Crippen molar-refractivity contribution in [1.82, 2.24) is 10.2 Å². The number of benzene rings is 1. The van der Waals surface area contributed by atoms with Crippen LogP contribution in [0.4, 0.5) is 19.3 Å². The third-order valence-corrected chi connectivity index (χ3v) is 4.78. The molecule has 164 valence electrons. The summed E-state index contributed by atoms with van der Waals surface area (Å²) in [6.45, 7) is 4.29. The van der Waals surface area contributed by atoms with Crippen LogP contribution >= 0.6 is 0 Å². The van der Waals surface area contributed by atoms with Gasteiger partial charge >= 0.3 is 12.0 Å². The van der Waals surface area contributed by atoms with Crippen LogP contribution in [0.5, 0.6) is 0 Å². The molecule has 0 saturated carbocycles. The van der Waals surface area contributed by atoms with Crippen LogP contribution in [0.15, 0.2) is 18.2 Å². The quantitative estimate of drug-likeness (QED) is 0.468. The fraction of sp³-hybridized carbons (Fsp3) is 0.500. The molecule has 0 aromatic heterocycles. The van der Waals surface area contributed by atoms with Crippen LogP contribution in [0.1, 0.15) is 46.5 Å². The Hall–Kier alpha value is -3.04. The van der Waals surface area contributed by atoms with Crippen molar-refractivity contribution in [2.24, 2.45) is 0 Å². The molecule has 2 N–H and O–H groups in total. The van der Waals surface area contributed by atoms with E-state index in [1.807, 2.05) is 19.2 Å². The zero-order valence-electron chi connectivity index (χ0n) is 17.1. The number of rotatable bonds is 9. The zero-order valence-corrected chi connectivity index (χ0v) is 17.1. The Balaban J connectivity index is 2.00. The van der Waals surface area contributed by atoms with E-state index in [2.05, 4.69) is 5.32 Å². The number of hydrogen-bond donors (Lipinski definition) is 2. The molecule has 1 unspecified atom stereocenters. The van der Waals surface area contributed by atoms with Gasteiger partial charge in [-0.3, -0.25) is 19.3 Å². The van der Waals surface area contributed by atoms with Crippen LogP contribution in [0.25, 0.3) is 0 Å². The zero-order chi connectivity index (χ0) is 22.5. The molecule has 1 aliphatic rings. The SMILES string of the molecule is CCCC1(CCC)NC(=O)N(CC(=O)OC(C)C(=O)Nc2c(F)cccc2F)C1=O. The number of ether oxygens (including phenoxy) is 1. The fourth-order valence-electron chi connectivity index (χ4n) is 3.40. The molecule has 1 saturated heterocycles. The number of carbonyl (C=O) groups excluding carboxylic acids is 4. The molecule has 1 aliphatic heterocycles. The molecule has 10 heteroatoms. The number of hydrogen-bond acceptors (Lipinski definition) is 5. The maximum absolute atomic E-state index is 13.6. The van der Waals surface area contributed by atoms with Gasteiger partial charge in [0, 0.05) is 0 Å². The molecule has 4 amide bonds. The summed E-state index contributed by atoms with van der Waals surface area (Å²) in [5.41, 5.74) is -1.71. The number of imide groups is 1. The number of para-hydroxylation sites is 1. The summed E-state index contributed by atoms with van der Waals surface area (Å²) in [7, 11) is 0. The summed E-state index contributed by atoms with van der Waals surface area (Å²) < 4.78 is 32.2. The van der Waals surface area contributed by atoms with Crippen LogP contribution < -0.4 is 10.6 Å². The first-order valence-electron chi connectivity index (χ1n) is 9.73. The first-order chi connectivity index (χ1) is 14.1. The number of halogens is 2. The van der Waals surface area contributed by atoms with Crippen LogP contribution in [0.3, 0.4) is 0 Å². The first kappa shape index (κ1) is 23.2. The van der Waals surface area contributed by atoms with Gasteiger partial charge in [-0.1, -0.05) is 32.8 Å². The van der Waals surface area contributed by atoms with Gasteiger partial charge in [0.15, 0.2) is 6.10 Å². The summed E-state index contributed by atoms with van der Waals surface area (Å²) >= 11 is 0. The average molecular weight is 425 g/mol. The average Bonchev–Trinajstić information content (AvgIpc) is 2.89. The van der Waals surface area contributed by atoms with E-state index in [-0.39, 0.29) is 0 Å². The molecule has 0 radical (unpaired) electrons. The van der Waals surface area contributed by atoms with E-state index >= 15 is 0 Å². The molecule has 1 aromatic carbocycles. The second kappa shape index (κ2) is 9.64. The Bertz CT molecular complexity index is 819. The van der Waals surface area contributed by atoms with Crippen molar-refractivity contribution in [2.45, 2.75) is 58.1 Å². The number of nitrogens with zero attached hydrogens (tertiary/aromatic N) is 1. The first-order valence-corrected chi connectivity index (χ1v) is 9.73. The fourth-order valence-corrected chi connectivity index (χ4v) is 3.40. The maximum atomic E-state index is 13.6. The van der Waals surface area contributed by atoms with Gasteiger partial charge in [0.2, 0.25) is 0 Å². The lowest BCUT2D eigenvalue weighted by Gasteiger charge is -2.25. The maximum Gasteiger partial charge on any atom is 0.327 e. The Morgan fingerprint density at radius 1 is 1.17 bits per heavy atom. The second-order valence-corrected chi connectivity index (χ2v) is 7.12. The van der Waals surface area contributed by atoms with E-state index in [4.69, 9.17) is 4.74 Å². The van der Waals surface area contributed by atoms with Gasteiger partial charge in [0.25, 0.3) is 11.8 Å². The predicted octanol–water partition coefficient (Wildman–Crippen LogP) is 2.73. The summed E-state index contributed by atoms with van der Waals surface area (Å²) in [5.74, 6) is -4.44. The van der Waals surface area contributed by atoms with Crippen molar-refractivity contribution in [3.8, 4) is 0 Å². The molecule has 30 heavy (non-hydrogen) atoms. The Morgan fingerprint density at radius 2 is 1.73 bits per heavy atom. The van der Waals surface area contributed by atoms with Crippen molar-refractivity contribution >= 4 is 29.5 Å². The van der Waals surface area contributed by atoms with Gasteiger partial charge in [-0.25, -0.2) is 13.6 Å². The van der Waals surface area contributed by atoms with Crippen LogP contribution in [0.2, 0.25) is 0 Å². The smallest absolute Gasteiger partial charge is 0.327 e. The number of amides is 4. The molecule has 1 fully saturated rings. The third kappa shape index (κ3) is 4.92. The van der Waals surface area contributed by atoms with E-state index < -0.39 is 59.3 Å². The lowest BCUT2D eigenvalue weighted by atomic mass is 9.88. The third-order valence-electron chi connectivity index (χ3n) is 4.78. The lowest BCUT2D eigenvalue weighted by Crippen LogP contribution is -2.47. The van der Waals surface area contributed by atoms with Crippen molar-refractivity contribution in [3.63, 3.8) is 0 Å². The second-order valence-electron chi connectivity index (χ2n) is 7.12. The minimum absolute atomic E-state index is 0.434. The molecule has 1 atom stereocenters. The van der Waals surface area contributed by atoms with E-state index in [1.54, 1.807) is 0 Å². The summed E-state index contributed by atoms with van der Waals surface area (Å²) in [6.07, 6.45) is 0.782. The molecule has 1 aromatic rings. The van der Waals surface area contributed by atoms with Crippen molar-refractivity contribution in [1.29, 1.82) is 0 Å². The summed E-state index contributed by atoms with van der Waals surface area (Å²) in [5, 5.41) is 4.68.